The van der Waals surface area contributed by atoms with Crippen molar-refractivity contribution in [2.45, 2.75) is 31.9 Å². The highest BCUT2D eigenvalue weighted by Gasteiger charge is 2.44. The molecule has 0 bridgehead atoms. The number of benzene rings is 1. The van der Waals surface area contributed by atoms with Gasteiger partial charge in [0.15, 0.2) is 0 Å². The zero-order valence-corrected chi connectivity index (χ0v) is 15.0. The normalized spacial score (nSPS) is 29.8. The topological polar surface area (TPSA) is 32.8 Å². The molecule has 4 nitrogen and oxygen atoms in total. The molecule has 1 saturated heterocycles. The molecular weight excluding hydrogens is 307 g/mol. The van der Waals surface area contributed by atoms with Crippen molar-refractivity contribution in [3.63, 3.8) is 0 Å². The second-order valence-electron chi connectivity index (χ2n) is 7.47. The van der Waals surface area contributed by atoms with E-state index in [9.17, 15) is 9.18 Å². The highest BCUT2D eigenvalue weighted by Crippen LogP contribution is 2.39. The van der Waals surface area contributed by atoms with E-state index in [2.05, 4.69) is 19.0 Å². The van der Waals surface area contributed by atoms with E-state index in [-0.39, 0.29) is 17.8 Å². The zero-order valence-electron chi connectivity index (χ0n) is 15.0. The summed E-state index contributed by atoms with van der Waals surface area (Å²) < 4.78 is 19.1. The minimum absolute atomic E-state index is 0.0165. The average molecular weight is 334 g/mol. The van der Waals surface area contributed by atoms with Crippen molar-refractivity contribution in [2.75, 3.05) is 34.3 Å². The van der Waals surface area contributed by atoms with Crippen LogP contribution < -0.4 is 0 Å². The molecule has 1 aliphatic carbocycles. The lowest BCUT2D eigenvalue weighted by Gasteiger charge is -2.40. The van der Waals surface area contributed by atoms with Crippen LogP contribution in [0.2, 0.25) is 0 Å². The molecule has 132 valence electrons. The molecule has 2 aliphatic rings. The van der Waals surface area contributed by atoms with Crippen LogP contribution in [0.25, 0.3) is 0 Å². The number of amides is 1. The molecule has 4 atom stereocenters. The standard InChI is InChI=1S/C19H27FN2O2/c1-12-7-13(5-6-16(12)20)19(23)22-10-14-8-17(21(2)3)18(24-4)9-15(14)11-22/h5-7,14-15,17-18H,8-11H2,1-4H3/t14-,15+,17-,18-/m1/s1. The van der Waals surface area contributed by atoms with Gasteiger partial charge in [0.25, 0.3) is 5.91 Å². The van der Waals surface area contributed by atoms with Gasteiger partial charge in [-0.3, -0.25) is 4.79 Å². The minimum atomic E-state index is -0.265. The molecule has 1 aromatic carbocycles. The Kier molecular flexibility index (Phi) is 4.92. The number of carbonyl (C=O) groups is 1. The second kappa shape index (κ2) is 6.81. The number of aryl methyl sites for hydroxylation is 1. The van der Waals surface area contributed by atoms with Gasteiger partial charge in [-0.05, 0) is 69.5 Å². The summed E-state index contributed by atoms with van der Waals surface area (Å²) in [5, 5.41) is 0. The number of likely N-dealkylation sites (N-methyl/N-ethyl adjacent to an activating group) is 1. The monoisotopic (exact) mass is 334 g/mol. The highest BCUT2D eigenvalue weighted by molar-refractivity contribution is 5.94. The summed E-state index contributed by atoms with van der Waals surface area (Å²) in [7, 11) is 5.97. The summed E-state index contributed by atoms with van der Waals surface area (Å²) >= 11 is 0. The van der Waals surface area contributed by atoms with E-state index < -0.39 is 0 Å². The number of hydrogen-bond acceptors (Lipinski definition) is 3. The lowest BCUT2D eigenvalue weighted by Crippen LogP contribution is -2.47. The molecule has 0 radical (unpaired) electrons. The molecule has 1 saturated carbocycles. The van der Waals surface area contributed by atoms with Gasteiger partial charge in [-0.15, -0.1) is 0 Å². The molecule has 0 N–H and O–H groups in total. The first kappa shape index (κ1) is 17.4. The van der Waals surface area contributed by atoms with E-state index in [1.165, 1.54) is 6.07 Å². The molecule has 1 amide bonds. The van der Waals surface area contributed by atoms with Crippen LogP contribution in [0.5, 0.6) is 0 Å². The quantitative estimate of drug-likeness (QED) is 0.852. The number of fused-ring (bicyclic) bond motifs is 1. The van der Waals surface area contributed by atoms with E-state index in [1.54, 1.807) is 26.2 Å². The van der Waals surface area contributed by atoms with E-state index in [0.29, 0.717) is 29.0 Å². The molecule has 1 heterocycles. The number of carbonyl (C=O) groups excluding carboxylic acids is 1. The lowest BCUT2D eigenvalue weighted by atomic mass is 9.77. The Morgan fingerprint density at radius 3 is 2.50 bits per heavy atom. The summed E-state index contributed by atoms with van der Waals surface area (Å²) in [4.78, 5) is 17.0. The van der Waals surface area contributed by atoms with Gasteiger partial charge in [-0.25, -0.2) is 4.39 Å². The summed E-state index contributed by atoms with van der Waals surface area (Å²) in [5.74, 6) is 0.771. The molecule has 24 heavy (non-hydrogen) atoms. The lowest BCUT2D eigenvalue weighted by molar-refractivity contribution is -0.0209. The van der Waals surface area contributed by atoms with E-state index in [1.807, 2.05) is 4.90 Å². The maximum atomic E-state index is 13.4. The smallest absolute Gasteiger partial charge is 0.253 e. The maximum absolute atomic E-state index is 13.4. The van der Waals surface area contributed by atoms with Crippen molar-refractivity contribution in [3.05, 3.63) is 35.1 Å². The summed E-state index contributed by atoms with van der Waals surface area (Å²) in [6, 6.07) is 5.03. The second-order valence-corrected chi connectivity index (χ2v) is 7.47. The van der Waals surface area contributed by atoms with Gasteiger partial charge in [-0.1, -0.05) is 0 Å². The molecular formula is C19H27FN2O2. The number of ether oxygens (including phenoxy) is 1. The van der Waals surface area contributed by atoms with E-state index in [4.69, 9.17) is 4.74 Å². The fourth-order valence-corrected chi connectivity index (χ4v) is 4.31. The van der Waals surface area contributed by atoms with Crippen molar-refractivity contribution in [1.82, 2.24) is 9.80 Å². The molecule has 3 rings (SSSR count). The van der Waals surface area contributed by atoms with Crippen LogP contribution >= 0.6 is 0 Å². The molecule has 5 heteroatoms. The van der Waals surface area contributed by atoms with Gasteiger partial charge >= 0.3 is 0 Å². The van der Waals surface area contributed by atoms with Gasteiger partial charge in [0.05, 0.1) is 6.10 Å². The van der Waals surface area contributed by atoms with Gasteiger partial charge in [0.2, 0.25) is 0 Å². The van der Waals surface area contributed by atoms with Crippen molar-refractivity contribution in [2.24, 2.45) is 11.8 Å². The van der Waals surface area contributed by atoms with E-state index >= 15 is 0 Å². The average Bonchev–Trinajstić information content (AvgIpc) is 2.98. The first-order valence-electron chi connectivity index (χ1n) is 8.65. The van der Waals surface area contributed by atoms with Crippen LogP contribution in [0, 0.1) is 24.6 Å². The predicted octanol–water partition coefficient (Wildman–Crippen LogP) is 2.56. The number of halogens is 1. The molecule has 0 spiro atoms. The third-order valence-corrected chi connectivity index (χ3v) is 5.74. The number of nitrogens with zero attached hydrogens (tertiary/aromatic N) is 2. The fourth-order valence-electron chi connectivity index (χ4n) is 4.31. The van der Waals surface area contributed by atoms with Crippen LogP contribution in [-0.2, 0) is 4.74 Å². The van der Waals surface area contributed by atoms with Crippen LogP contribution in [0.1, 0.15) is 28.8 Å². The Balaban J connectivity index is 1.72. The zero-order chi connectivity index (χ0) is 17.4. The summed E-state index contributed by atoms with van der Waals surface area (Å²) in [6.07, 6.45) is 2.28. The third-order valence-electron chi connectivity index (χ3n) is 5.74. The minimum Gasteiger partial charge on any atom is -0.380 e. The Hall–Kier alpha value is -1.46. The van der Waals surface area contributed by atoms with Crippen molar-refractivity contribution < 1.29 is 13.9 Å². The van der Waals surface area contributed by atoms with Crippen LogP contribution in [0.4, 0.5) is 4.39 Å². The van der Waals surface area contributed by atoms with Crippen molar-refractivity contribution in [1.29, 1.82) is 0 Å². The van der Waals surface area contributed by atoms with E-state index in [0.717, 1.165) is 25.9 Å². The molecule has 2 fully saturated rings. The molecule has 0 aromatic heterocycles. The van der Waals surface area contributed by atoms with Gasteiger partial charge < -0.3 is 14.5 Å². The largest absolute Gasteiger partial charge is 0.380 e. The number of rotatable bonds is 3. The number of likely N-dealkylation sites (tertiary alicyclic amines) is 1. The van der Waals surface area contributed by atoms with Crippen LogP contribution in [0.15, 0.2) is 18.2 Å². The van der Waals surface area contributed by atoms with Crippen molar-refractivity contribution >= 4 is 5.91 Å². The van der Waals surface area contributed by atoms with Gasteiger partial charge in [0.1, 0.15) is 5.82 Å². The third kappa shape index (κ3) is 3.20. The Morgan fingerprint density at radius 1 is 1.25 bits per heavy atom. The van der Waals surface area contributed by atoms with Crippen molar-refractivity contribution in [3.8, 4) is 0 Å². The molecule has 1 aliphatic heterocycles. The SMILES string of the molecule is CO[C@@H]1C[C@H]2CN(C(=O)c3ccc(F)c(C)c3)C[C@H]2C[C@H]1N(C)C. The molecule has 0 unspecified atom stereocenters. The summed E-state index contributed by atoms with van der Waals surface area (Å²) in [5.41, 5.74) is 1.10. The predicted molar refractivity (Wildman–Crippen MR) is 91.5 cm³/mol. The Labute approximate surface area is 143 Å². The Morgan fingerprint density at radius 2 is 1.92 bits per heavy atom. The Bertz CT molecular complexity index is 619. The first-order valence-corrected chi connectivity index (χ1v) is 8.65. The van der Waals surface area contributed by atoms with Crippen LogP contribution in [-0.4, -0.2) is 62.1 Å². The summed E-state index contributed by atoms with van der Waals surface area (Å²) in [6.45, 7) is 3.27. The maximum Gasteiger partial charge on any atom is 0.253 e. The highest BCUT2D eigenvalue weighted by atomic mass is 19.1. The first-order chi connectivity index (χ1) is 11.4. The fraction of sp³-hybridized carbons (Fsp3) is 0.632. The van der Waals surface area contributed by atoms with Gasteiger partial charge in [0, 0.05) is 31.8 Å². The van der Waals surface area contributed by atoms with Gasteiger partial charge in [-0.2, -0.15) is 0 Å². The number of methoxy groups -OCH3 is 1. The molecule has 1 aromatic rings. The van der Waals surface area contributed by atoms with Crippen LogP contribution in [0.3, 0.4) is 0 Å². The number of hydrogen-bond donors (Lipinski definition) is 0.